The summed E-state index contributed by atoms with van der Waals surface area (Å²) in [6.07, 6.45) is 2.20. The third-order valence-electron chi connectivity index (χ3n) is 3.25. The lowest BCUT2D eigenvalue weighted by Crippen LogP contribution is -1.97. The van der Waals surface area contributed by atoms with Crippen molar-refractivity contribution < 1.29 is 4.74 Å². The highest BCUT2D eigenvalue weighted by atomic mass is 35.5. The summed E-state index contributed by atoms with van der Waals surface area (Å²) in [7, 11) is 0. The van der Waals surface area contributed by atoms with E-state index in [1.54, 1.807) is 17.8 Å². The number of ether oxygens (including phenoxy) is 1. The van der Waals surface area contributed by atoms with Gasteiger partial charge >= 0.3 is 0 Å². The zero-order chi connectivity index (χ0) is 16.8. The normalized spacial score (nSPS) is 11.4. The molecule has 0 atom stereocenters. The fourth-order valence-electron chi connectivity index (χ4n) is 2.07. The molecule has 1 N–H and O–H groups in total. The first-order valence-corrected chi connectivity index (χ1v) is 9.37. The van der Waals surface area contributed by atoms with Crippen LogP contribution in [0.5, 0.6) is 0 Å². The minimum absolute atomic E-state index is 0.351. The SMILES string of the molecule is CCCCOCc1nc(Sc2cc(Cl)cc(Cl)c2)c(C(C)C)[nH]1. The maximum atomic E-state index is 6.08. The van der Waals surface area contributed by atoms with Gasteiger partial charge < -0.3 is 9.72 Å². The standard InChI is InChI=1S/C17H22Cl2N2OS/c1-4-5-6-22-10-15-20-16(11(2)3)17(21-15)23-14-8-12(18)7-13(19)9-14/h7-9,11H,4-6,10H2,1-3H3,(H,20,21). The fourth-order valence-corrected chi connectivity index (χ4v) is 3.87. The van der Waals surface area contributed by atoms with E-state index in [0.717, 1.165) is 40.9 Å². The molecule has 0 amide bonds. The second-order valence-corrected chi connectivity index (χ2v) is 7.61. The van der Waals surface area contributed by atoms with E-state index in [9.17, 15) is 0 Å². The van der Waals surface area contributed by atoms with E-state index in [0.29, 0.717) is 22.6 Å². The predicted molar refractivity (Wildman–Crippen MR) is 97.8 cm³/mol. The number of hydrogen-bond acceptors (Lipinski definition) is 3. The number of benzene rings is 1. The maximum absolute atomic E-state index is 6.08. The Labute approximate surface area is 152 Å². The van der Waals surface area contributed by atoms with Crippen LogP contribution in [0.15, 0.2) is 28.1 Å². The number of aromatic nitrogens is 2. The number of H-pyrrole nitrogens is 1. The van der Waals surface area contributed by atoms with Crippen molar-refractivity contribution in [3.05, 3.63) is 39.8 Å². The highest BCUT2D eigenvalue weighted by Gasteiger charge is 2.15. The molecule has 2 aromatic rings. The van der Waals surface area contributed by atoms with Gasteiger partial charge in [-0.2, -0.15) is 0 Å². The van der Waals surface area contributed by atoms with Gasteiger partial charge in [-0.25, -0.2) is 4.98 Å². The topological polar surface area (TPSA) is 37.9 Å². The van der Waals surface area contributed by atoms with Crippen LogP contribution in [0.3, 0.4) is 0 Å². The van der Waals surface area contributed by atoms with Crippen LogP contribution < -0.4 is 0 Å². The zero-order valence-corrected chi connectivity index (χ0v) is 16.0. The molecule has 0 saturated heterocycles. The molecule has 0 spiro atoms. The molecular weight excluding hydrogens is 351 g/mol. The van der Waals surface area contributed by atoms with Crippen molar-refractivity contribution in [2.45, 2.75) is 56.1 Å². The monoisotopic (exact) mass is 372 g/mol. The molecule has 0 bridgehead atoms. The van der Waals surface area contributed by atoms with Gasteiger partial charge in [-0.1, -0.05) is 62.2 Å². The quantitative estimate of drug-likeness (QED) is 0.551. The van der Waals surface area contributed by atoms with E-state index in [1.807, 2.05) is 12.1 Å². The molecule has 0 aliphatic rings. The van der Waals surface area contributed by atoms with Crippen molar-refractivity contribution >= 4 is 35.0 Å². The van der Waals surface area contributed by atoms with E-state index in [2.05, 4.69) is 30.7 Å². The van der Waals surface area contributed by atoms with E-state index >= 15 is 0 Å². The van der Waals surface area contributed by atoms with Crippen LogP contribution in [0.25, 0.3) is 0 Å². The first-order chi connectivity index (χ1) is 11.0. The number of halogens is 2. The summed E-state index contributed by atoms with van der Waals surface area (Å²) in [6, 6.07) is 5.52. The first kappa shape index (κ1) is 18.7. The van der Waals surface area contributed by atoms with Crippen molar-refractivity contribution in [3.63, 3.8) is 0 Å². The molecule has 0 aliphatic heterocycles. The van der Waals surface area contributed by atoms with E-state index in [1.165, 1.54) is 0 Å². The number of aromatic amines is 1. The largest absolute Gasteiger partial charge is 0.374 e. The minimum Gasteiger partial charge on any atom is -0.374 e. The van der Waals surface area contributed by atoms with Crippen LogP contribution in [-0.4, -0.2) is 16.6 Å². The number of hydrogen-bond donors (Lipinski definition) is 1. The van der Waals surface area contributed by atoms with Gasteiger partial charge in [-0.3, -0.25) is 0 Å². The molecule has 0 saturated carbocycles. The van der Waals surface area contributed by atoms with E-state index < -0.39 is 0 Å². The molecule has 3 nitrogen and oxygen atoms in total. The van der Waals surface area contributed by atoms with Crippen LogP contribution in [0.1, 0.15) is 51.0 Å². The van der Waals surface area contributed by atoms with Crippen molar-refractivity contribution in [1.29, 1.82) is 0 Å². The Morgan fingerprint density at radius 2 is 1.91 bits per heavy atom. The first-order valence-electron chi connectivity index (χ1n) is 7.80. The summed E-state index contributed by atoms with van der Waals surface area (Å²) in [4.78, 5) is 9.05. The third-order valence-corrected chi connectivity index (χ3v) is 4.67. The van der Waals surface area contributed by atoms with Gasteiger partial charge in [0, 0.05) is 21.5 Å². The Hall–Kier alpha value is -0.680. The van der Waals surface area contributed by atoms with Gasteiger partial charge in [0.05, 0.1) is 5.69 Å². The van der Waals surface area contributed by atoms with Crippen molar-refractivity contribution in [3.8, 4) is 0 Å². The molecule has 1 aromatic carbocycles. The summed E-state index contributed by atoms with van der Waals surface area (Å²) in [5.74, 6) is 1.21. The van der Waals surface area contributed by atoms with Gasteiger partial charge in [0.2, 0.25) is 0 Å². The lowest BCUT2D eigenvalue weighted by molar-refractivity contribution is 0.113. The number of imidazole rings is 1. The van der Waals surface area contributed by atoms with Gasteiger partial charge in [0.1, 0.15) is 17.5 Å². The Morgan fingerprint density at radius 1 is 1.22 bits per heavy atom. The molecule has 0 fully saturated rings. The van der Waals surface area contributed by atoms with Crippen LogP contribution in [-0.2, 0) is 11.3 Å². The molecule has 0 unspecified atom stereocenters. The smallest absolute Gasteiger partial charge is 0.133 e. The number of rotatable bonds is 8. The molecule has 0 radical (unpaired) electrons. The Kier molecular flexibility index (Phi) is 7.28. The Morgan fingerprint density at radius 3 is 2.52 bits per heavy atom. The molecule has 1 heterocycles. The molecular formula is C17H22Cl2N2OS. The molecule has 1 aromatic heterocycles. The van der Waals surface area contributed by atoms with Gasteiger partial charge in [-0.15, -0.1) is 0 Å². The molecule has 23 heavy (non-hydrogen) atoms. The molecule has 0 aliphatic carbocycles. The number of nitrogens with zero attached hydrogens (tertiary/aromatic N) is 1. The van der Waals surface area contributed by atoms with Crippen LogP contribution in [0.4, 0.5) is 0 Å². The average molecular weight is 373 g/mol. The minimum atomic E-state index is 0.351. The predicted octanol–water partition coefficient (Wildman–Crippen LogP) is 6.31. The summed E-state index contributed by atoms with van der Waals surface area (Å²) < 4.78 is 5.65. The Balaban J connectivity index is 2.14. The highest BCUT2D eigenvalue weighted by Crippen LogP contribution is 2.35. The highest BCUT2D eigenvalue weighted by molar-refractivity contribution is 7.99. The van der Waals surface area contributed by atoms with Crippen LogP contribution in [0, 0.1) is 0 Å². The molecule has 2 rings (SSSR count). The Bertz CT molecular complexity index is 623. The van der Waals surface area contributed by atoms with Crippen molar-refractivity contribution in [1.82, 2.24) is 9.97 Å². The maximum Gasteiger partial charge on any atom is 0.133 e. The van der Waals surface area contributed by atoms with Gasteiger partial charge in [-0.05, 0) is 30.5 Å². The number of unbranched alkanes of at least 4 members (excludes halogenated alkanes) is 1. The summed E-state index contributed by atoms with van der Waals surface area (Å²) in [6.45, 7) is 7.71. The van der Waals surface area contributed by atoms with Gasteiger partial charge in [0.25, 0.3) is 0 Å². The van der Waals surface area contributed by atoms with E-state index in [-0.39, 0.29) is 0 Å². The summed E-state index contributed by atoms with van der Waals surface area (Å²) in [5.41, 5.74) is 1.11. The number of nitrogens with one attached hydrogen (secondary N) is 1. The fraction of sp³-hybridized carbons (Fsp3) is 0.471. The second kappa shape index (κ2) is 8.97. The molecule has 126 valence electrons. The van der Waals surface area contributed by atoms with Crippen LogP contribution >= 0.6 is 35.0 Å². The molecule has 6 heteroatoms. The summed E-state index contributed by atoms with van der Waals surface area (Å²) >= 11 is 13.7. The van der Waals surface area contributed by atoms with Crippen LogP contribution in [0.2, 0.25) is 10.0 Å². The van der Waals surface area contributed by atoms with Crippen molar-refractivity contribution in [2.75, 3.05) is 6.61 Å². The van der Waals surface area contributed by atoms with Crippen molar-refractivity contribution in [2.24, 2.45) is 0 Å². The summed E-state index contributed by atoms with van der Waals surface area (Å²) in [5, 5.41) is 2.21. The van der Waals surface area contributed by atoms with Gasteiger partial charge in [0.15, 0.2) is 0 Å². The zero-order valence-electron chi connectivity index (χ0n) is 13.7. The average Bonchev–Trinajstić information content (AvgIpc) is 2.85. The second-order valence-electron chi connectivity index (χ2n) is 5.67. The van der Waals surface area contributed by atoms with E-state index in [4.69, 9.17) is 27.9 Å². The lowest BCUT2D eigenvalue weighted by atomic mass is 10.2. The third kappa shape index (κ3) is 5.71. The lowest BCUT2D eigenvalue weighted by Gasteiger charge is -2.06.